The van der Waals surface area contributed by atoms with Crippen molar-refractivity contribution in [1.82, 2.24) is 5.32 Å². The molecule has 0 spiro atoms. The Balaban J connectivity index is 1.79. The lowest BCUT2D eigenvalue weighted by Crippen LogP contribution is -2.57. The topological polar surface area (TPSA) is 21.3 Å². The monoisotopic (exact) mass is 247 g/mol. The van der Waals surface area contributed by atoms with Crippen molar-refractivity contribution in [2.45, 2.75) is 32.1 Å². The van der Waals surface area contributed by atoms with Crippen molar-refractivity contribution in [3.63, 3.8) is 0 Å². The van der Waals surface area contributed by atoms with Gasteiger partial charge in [-0.25, -0.2) is 0 Å². The van der Waals surface area contributed by atoms with Gasteiger partial charge in [0.25, 0.3) is 0 Å². The van der Waals surface area contributed by atoms with E-state index in [1.165, 1.54) is 5.56 Å². The molecule has 0 saturated carbocycles. The zero-order chi connectivity index (χ0) is 12.8. The van der Waals surface area contributed by atoms with Crippen molar-refractivity contribution in [3.05, 3.63) is 35.9 Å². The van der Waals surface area contributed by atoms with E-state index in [0.717, 1.165) is 45.1 Å². The molecule has 0 amide bonds. The van der Waals surface area contributed by atoms with Gasteiger partial charge >= 0.3 is 0 Å². The first-order chi connectivity index (χ1) is 8.73. The van der Waals surface area contributed by atoms with Gasteiger partial charge < -0.3 is 10.1 Å². The first kappa shape index (κ1) is 13.6. The highest BCUT2D eigenvalue weighted by Crippen LogP contribution is 2.31. The number of rotatable bonds is 7. The molecule has 2 nitrogen and oxygen atoms in total. The molecule has 1 N–H and O–H groups in total. The zero-order valence-corrected chi connectivity index (χ0v) is 11.6. The van der Waals surface area contributed by atoms with Crippen molar-refractivity contribution < 1.29 is 4.74 Å². The number of hydrogen-bond donors (Lipinski definition) is 1. The lowest BCUT2D eigenvalue weighted by molar-refractivity contribution is 0.0921. The summed E-state index contributed by atoms with van der Waals surface area (Å²) in [7, 11) is 0. The molecule has 1 aromatic rings. The SMILES string of the molecule is CC(C)CCOCCC1(c2ccccc2)CNC1. The van der Waals surface area contributed by atoms with Gasteiger partial charge in [-0.3, -0.25) is 0 Å². The van der Waals surface area contributed by atoms with E-state index in [0.29, 0.717) is 5.41 Å². The minimum Gasteiger partial charge on any atom is -0.381 e. The van der Waals surface area contributed by atoms with Crippen molar-refractivity contribution in [2.24, 2.45) is 5.92 Å². The molecule has 1 aliphatic rings. The van der Waals surface area contributed by atoms with Crippen molar-refractivity contribution in [3.8, 4) is 0 Å². The van der Waals surface area contributed by atoms with Gasteiger partial charge in [0.15, 0.2) is 0 Å². The average Bonchev–Trinajstić information content (AvgIpc) is 2.32. The maximum Gasteiger partial charge on any atom is 0.0475 e. The standard InChI is InChI=1S/C16H25NO/c1-14(2)8-10-18-11-9-16(12-17-13-16)15-6-4-3-5-7-15/h3-7,14,17H,8-13H2,1-2H3. The minimum atomic E-state index is 0.319. The Bertz CT molecular complexity index is 343. The summed E-state index contributed by atoms with van der Waals surface area (Å²) < 4.78 is 5.77. The second-order valence-corrected chi connectivity index (χ2v) is 5.79. The first-order valence-corrected chi connectivity index (χ1v) is 7.07. The van der Waals surface area contributed by atoms with E-state index in [2.05, 4.69) is 49.5 Å². The van der Waals surface area contributed by atoms with Crippen LogP contribution in [0.25, 0.3) is 0 Å². The molecule has 1 heterocycles. The summed E-state index contributed by atoms with van der Waals surface area (Å²) in [6.07, 6.45) is 2.29. The number of nitrogens with one attached hydrogen (secondary N) is 1. The van der Waals surface area contributed by atoms with Crippen molar-refractivity contribution in [2.75, 3.05) is 26.3 Å². The normalized spacial score (nSPS) is 17.7. The van der Waals surface area contributed by atoms with Crippen LogP contribution in [0, 0.1) is 5.92 Å². The molecule has 1 fully saturated rings. The van der Waals surface area contributed by atoms with E-state index in [9.17, 15) is 0 Å². The summed E-state index contributed by atoms with van der Waals surface area (Å²) >= 11 is 0. The molecule has 0 aromatic heterocycles. The molecular formula is C16H25NO. The molecular weight excluding hydrogens is 222 g/mol. The van der Waals surface area contributed by atoms with E-state index in [1.54, 1.807) is 0 Å². The molecule has 0 aliphatic carbocycles. The fraction of sp³-hybridized carbons (Fsp3) is 0.625. The molecule has 0 unspecified atom stereocenters. The van der Waals surface area contributed by atoms with Gasteiger partial charge in [0.1, 0.15) is 0 Å². The van der Waals surface area contributed by atoms with Gasteiger partial charge in [-0.1, -0.05) is 44.2 Å². The van der Waals surface area contributed by atoms with Crippen LogP contribution in [0.5, 0.6) is 0 Å². The predicted molar refractivity (Wildman–Crippen MR) is 75.9 cm³/mol. The molecule has 0 bridgehead atoms. The smallest absolute Gasteiger partial charge is 0.0475 e. The van der Waals surface area contributed by atoms with E-state index < -0.39 is 0 Å². The summed E-state index contributed by atoms with van der Waals surface area (Å²) in [6.45, 7) is 8.43. The molecule has 1 aliphatic heterocycles. The quantitative estimate of drug-likeness (QED) is 0.748. The van der Waals surface area contributed by atoms with Crippen LogP contribution >= 0.6 is 0 Å². The average molecular weight is 247 g/mol. The van der Waals surface area contributed by atoms with Crippen LogP contribution in [0.3, 0.4) is 0 Å². The fourth-order valence-corrected chi connectivity index (χ4v) is 2.43. The Morgan fingerprint density at radius 1 is 1.17 bits per heavy atom. The first-order valence-electron chi connectivity index (χ1n) is 7.07. The van der Waals surface area contributed by atoms with E-state index in [1.807, 2.05) is 0 Å². The number of benzene rings is 1. The Morgan fingerprint density at radius 2 is 1.89 bits per heavy atom. The Hall–Kier alpha value is -0.860. The van der Waals surface area contributed by atoms with Crippen LogP contribution in [0.15, 0.2) is 30.3 Å². The molecule has 2 rings (SSSR count). The summed E-state index contributed by atoms with van der Waals surface area (Å²) in [6, 6.07) is 10.8. The molecule has 1 saturated heterocycles. The highest BCUT2D eigenvalue weighted by atomic mass is 16.5. The third-order valence-electron chi connectivity index (χ3n) is 3.88. The van der Waals surface area contributed by atoms with Gasteiger partial charge in [-0.2, -0.15) is 0 Å². The van der Waals surface area contributed by atoms with Gasteiger partial charge in [-0.05, 0) is 24.3 Å². The number of hydrogen-bond acceptors (Lipinski definition) is 2. The van der Waals surface area contributed by atoms with Crippen LogP contribution in [-0.2, 0) is 10.2 Å². The Labute approximate surface area is 111 Å². The number of ether oxygens (including phenoxy) is 1. The molecule has 18 heavy (non-hydrogen) atoms. The predicted octanol–water partition coefficient (Wildman–Crippen LogP) is 2.98. The molecule has 0 atom stereocenters. The van der Waals surface area contributed by atoms with Gasteiger partial charge in [0.2, 0.25) is 0 Å². The second-order valence-electron chi connectivity index (χ2n) is 5.79. The van der Waals surface area contributed by atoms with E-state index in [4.69, 9.17) is 4.74 Å². The third-order valence-corrected chi connectivity index (χ3v) is 3.88. The lowest BCUT2D eigenvalue weighted by atomic mass is 9.73. The third kappa shape index (κ3) is 3.33. The second kappa shape index (κ2) is 6.35. The Kier molecular flexibility index (Phi) is 4.79. The molecule has 1 aromatic carbocycles. The highest BCUT2D eigenvalue weighted by Gasteiger charge is 2.37. The van der Waals surface area contributed by atoms with Gasteiger partial charge in [0.05, 0.1) is 0 Å². The molecule has 100 valence electrons. The maximum atomic E-state index is 5.77. The summed E-state index contributed by atoms with van der Waals surface area (Å²) in [5.74, 6) is 0.735. The van der Waals surface area contributed by atoms with Gasteiger partial charge in [-0.15, -0.1) is 0 Å². The van der Waals surface area contributed by atoms with Gasteiger partial charge in [0, 0.05) is 31.7 Å². The van der Waals surface area contributed by atoms with Crippen LogP contribution in [-0.4, -0.2) is 26.3 Å². The maximum absolute atomic E-state index is 5.77. The van der Waals surface area contributed by atoms with E-state index in [-0.39, 0.29) is 0 Å². The summed E-state index contributed by atoms with van der Waals surface area (Å²) in [5, 5.41) is 3.40. The summed E-state index contributed by atoms with van der Waals surface area (Å²) in [4.78, 5) is 0. The van der Waals surface area contributed by atoms with Crippen molar-refractivity contribution in [1.29, 1.82) is 0 Å². The summed E-state index contributed by atoms with van der Waals surface area (Å²) in [5.41, 5.74) is 1.77. The highest BCUT2D eigenvalue weighted by molar-refractivity contribution is 5.29. The van der Waals surface area contributed by atoms with Crippen LogP contribution < -0.4 is 5.32 Å². The van der Waals surface area contributed by atoms with Crippen molar-refractivity contribution >= 4 is 0 Å². The van der Waals surface area contributed by atoms with Crippen LogP contribution in [0.2, 0.25) is 0 Å². The van der Waals surface area contributed by atoms with Crippen LogP contribution in [0.4, 0.5) is 0 Å². The Morgan fingerprint density at radius 3 is 2.44 bits per heavy atom. The fourth-order valence-electron chi connectivity index (χ4n) is 2.43. The van der Waals surface area contributed by atoms with E-state index >= 15 is 0 Å². The van der Waals surface area contributed by atoms with Crippen LogP contribution in [0.1, 0.15) is 32.3 Å². The molecule has 0 radical (unpaired) electrons. The molecule has 2 heteroatoms. The lowest BCUT2D eigenvalue weighted by Gasteiger charge is -2.43. The minimum absolute atomic E-state index is 0.319. The largest absolute Gasteiger partial charge is 0.381 e. The zero-order valence-electron chi connectivity index (χ0n) is 11.6.